The Morgan fingerprint density at radius 1 is 1.19 bits per heavy atom. The molecule has 1 aromatic heterocycles. The van der Waals surface area contributed by atoms with Crippen LogP contribution in [0.15, 0.2) is 18.3 Å². The largest absolute Gasteiger partial charge is 0.289 e. The fraction of sp³-hybridized carbons (Fsp3) is 0.615. The van der Waals surface area contributed by atoms with Crippen molar-refractivity contribution in [3.05, 3.63) is 29.6 Å². The van der Waals surface area contributed by atoms with Gasteiger partial charge in [0.1, 0.15) is 5.69 Å². The predicted octanol–water partition coefficient (Wildman–Crippen LogP) is 4.34. The normalized spacial score (nSPS) is 12.5. The molecule has 0 saturated heterocycles. The second kappa shape index (κ2) is 4.89. The Bertz CT molecular complexity index is 328. The molecule has 0 atom stereocenters. The maximum absolute atomic E-state index is 13.7. The smallest absolute Gasteiger partial charge is 0.255 e. The topological polar surface area (TPSA) is 12.9 Å². The minimum Gasteiger partial charge on any atom is -0.255 e. The summed E-state index contributed by atoms with van der Waals surface area (Å²) in [6.07, 6.45) is 1.40. The van der Waals surface area contributed by atoms with Crippen LogP contribution in [0.25, 0.3) is 0 Å². The zero-order valence-electron chi connectivity index (χ0n) is 10.3. The predicted molar refractivity (Wildman–Crippen MR) is 61.7 cm³/mol. The molecule has 1 nitrogen and oxygen atoms in total. The van der Waals surface area contributed by atoms with Crippen molar-refractivity contribution in [2.24, 2.45) is 5.92 Å². The summed E-state index contributed by atoms with van der Waals surface area (Å²) in [6, 6.07) is 3.18. The van der Waals surface area contributed by atoms with Crippen LogP contribution < -0.4 is 0 Å². The average Bonchev–Trinajstić information content (AvgIpc) is 2.16. The van der Waals surface area contributed by atoms with Gasteiger partial charge >= 0.3 is 0 Å². The molecule has 0 aliphatic rings. The van der Waals surface area contributed by atoms with Gasteiger partial charge in [-0.3, -0.25) is 4.98 Å². The lowest BCUT2D eigenvalue weighted by molar-refractivity contribution is -0.0291. The Kier molecular flexibility index (Phi) is 4.00. The maximum atomic E-state index is 13.7. The van der Waals surface area contributed by atoms with Crippen molar-refractivity contribution < 1.29 is 8.78 Å². The first-order valence-corrected chi connectivity index (χ1v) is 5.67. The van der Waals surface area contributed by atoms with Crippen LogP contribution in [0.2, 0.25) is 0 Å². The zero-order chi connectivity index (χ0) is 12.3. The quantitative estimate of drug-likeness (QED) is 0.745. The lowest BCUT2D eigenvalue weighted by Crippen LogP contribution is -2.18. The lowest BCUT2D eigenvalue weighted by Gasteiger charge is -2.18. The van der Waals surface area contributed by atoms with Crippen LogP contribution in [0.5, 0.6) is 0 Å². The third-order valence-electron chi connectivity index (χ3n) is 2.49. The van der Waals surface area contributed by atoms with Gasteiger partial charge in [0.15, 0.2) is 0 Å². The first kappa shape index (κ1) is 13.1. The maximum Gasteiger partial charge on any atom is 0.289 e. The van der Waals surface area contributed by atoms with Crippen molar-refractivity contribution >= 4 is 0 Å². The van der Waals surface area contributed by atoms with Crippen LogP contribution in [0, 0.1) is 5.92 Å². The second-order valence-corrected chi connectivity index (χ2v) is 4.93. The lowest BCUT2D eigenvalue weighted by atomic mass is 10.0. The van der Waals surface area contributed by atoms with Gasteiger partial charge in [-0.2, -0.15) is 8.78 Å². The average molecular weight is 227 g/mol. The number of rotatable bonds is 4. The van der Waals surface area contributed by atoms with Gasteiger partial charge in [0.25, 0.3) is 5.92 Å². The van der Waals surface area contributed by atoms with Crippen molar-refractivity contribution in [1.82, 2.24) is 4.98 Å². The molecule has 0 unspecified atom stereocenters. The van der Waals surface area contributed by atoms with E-state index in [1.807, 2.05) is 13.8 Å². The van der Waals surface area contributed by atoms with Crippen LogP contribution in [-0.2, 0) is 5.92 Å². The molecule has 3 heteroatoms. The zero-order valence-corrected chi connectivity index (χ0v) is 10.3. The first-order valence-electron chi connectivity index (χ1n) is 5.67. The van der Waals surface area contributed by atoms with Crippen LogP contribution in [0.4, 0.5) is 8.78 Å². The summed E-state index contributed by atoms with van der Waals surface area (Å²) in [5.41, 5.74) is 0.870. The molecule has 0 bridgehead atoms. The number of aromatic nitrogens is 1. The van der Waals surface area contributed by atoms with Gasteiger partial charge in [-0.1, -0.05) is 33.8 Å². The summed E-state index contributed by atoms with van der Waals surface area (Å²) in [4.78, 5) is 3.87. The minimum atomic E-state index is -2.82. The summed E-state index contributed by atoms with van der Waals surface area (Å²) in [7, 11) is 0. The Hall–Kier alpha value is -0.990. The van der Waals surface area contributed by atoms with Gasteiger partial charge in [-0.15, -0.1) is 0 Å². The van der Waals surface area contributed by atoms with Crippen LogP contribution in [-0.4, -0.2) is 4.98 Å². The van der Waals surface area contributed by atoms with Crippen molar-refractivity contribution in [3.63, 3.8) is 0 Å². The van der Waals surface area contributed by atoms with E-state index in [0.717, 1.165) is 5.56 Å². The molecule has 0 spiro atoms. The number of hydrogen-bond acceptors (Lipinski definition) is 1. The van der Waals surface area contributed by atoms with Gasteiger partial charge in [0.2, 0.25) is 0 Å². The van der Waals surface area contributed by atoms with Gasteiger partial charge in [0, 0.05) is 12.6 Å². The van der Waals surface area contributed by atoms with E-state index in [9.17, 15) is 8.78 Å². The first-order chi connectivity index (χ1) is 7.33. The number of alkyl halides is 2. The molecule has 0 N–H and O–H groups in total. The van der Waals surface area contributed by atoms with Gasteiger partial charge < -0.3 is 0 Å². The highest BCUT2D eigenvalue weighted by atomic mass is 19.3. The molecule has 1 rings (SSSR count). The van der Waals surface area contributed by atoms with E-state index in [1.165, 1.54) is 6.07 Å². The standard InChI is InChI=1S/C13H19F2N/c1-9(2)7-13(14,15)12-6-5-11(8-16-12)10(3)4/h5-6,8-10H,7H2,1-4H3. The molecule has 0 radical (unpaired) electrons. The Morgan fingerprint density at radius 2 is 1.81 bits per heavy atom. The Balaban J connectivity index is 2.88. The Morgan fingerprint density at radius 3 is 2.19 bits per heavy atom. The molecule has 1 aromatic rings. The Labute approximate surface area is 95.9 Å². The minimum absolute atomic E-state index is 0.0402. The number of nitrogens with zero attached hydrogens (tertiary/aromatic N) is 1. The molecule has 0 aliphatic heterocycles. The number of hydrogen-bond donors (Lipinski definition) is 0. The molecule has 1 heterocycles. The van der Waals surface area contributed by atoms with Gasteiger partial charge in [-0.25, -0.2) is 0 Å². The van der Waals surface area contributed by atoms with Crippen molar-refractivity contribution in [2.75, 3.05) is 0 Å². The van der Waals surface area contributed by atoms with Crippen molar-refractivity contribution in [1.29, 1.82) is 0 Å². The van der Waals surface area contributed by atoms with E-state index in [0.29, 0.717) is 5.92 Å². The molecular formula is C13H19F2N. The summed E-state index contributed by atoms with van der Waals surface area (Å²) in [6.45, 7) is 7.61. The van der Waals surface area contributed by atoms with Crippen LogP contribution in [0.1, 0.15) is 51.3 Å². The highest BCUT2D eigenvalue weighted by Gasteiger charge is 2.33. The van der Waals surface area contributed by atoms with E-state index in [2.05, 4.69) is 4.98 Å². The van der Waals surface area contributed by atoms with E-state index >= 15 is 0 Å². The molecule has 0 fully saturated rings. The van der Waals surface area contributed by atoms with E-state index in [1.54, 1.807) is 26.1 Å². The van der Waals surface area contributed by atoms with Crippen LogP contribution in [0.3, 0.4) is 0 Å². The highest BCUT2D eigenvalue weighted by Crippen LogP contribution is 2.33. The molecule has 0 amide bonds. The summed E-state index contributed by atoms with van der Waals surface area (Å²) < 4.78 is 27.4. The van der Waals surface area contributed by atoms with Crippen molar-refractivity contribution in [2.45, 2.75) is 46.0 Å². The third-order valence-corrected chi connectivity index (χ3v) is 2.49. The summed E-state index contributed by atoms with van der Waals surface area (Å²) in [5.74, 6) is -2.54. The fourth-order valence-corrected chi connectivity index (χ4v) is 1.58. The van der Waals surface area contributed by atoms with Gasteiger partial charge in [-0.05, 0) is 23.5 Å². The third kappa shape index (κ3) is 3.26. The van der Waals surface area contributed by atoms with Gasteiger partial charge in [0.05, 0.1) is 0 Å². The SMILES string of the molecule is CC(C)CC(F)(F)c1ccc(C(C)C)cn1. The second-order valence-electron chi connectivity index (χ2n) is 4.93. The summed E-state index contributed by atoms with van der Waals surface area (Å²) >= 11 is 0. The van der Waals surface area contributed by atoms with Crippen molar-refractivity contribution in [3.8, 4) is 0 Å². The van der Waals surface area contributed by atoms with E-state index in [4.69, 9.17) is 0 Å². The molecule has 0 aromatic carbocycles. The van der Waals surface area contributed by atoms with Crippen LogP contribution >= 0.6 is 0 Å². The molecule has 90 valence electrons. The molecule has 16 heavy (non-hydrogen) atoms. The number of pyridine rings is 1. The molecule has 0 aliphatic carbocycles. The van der Waals surface area contributed by atoms with E-state index in [-0.39, 0.29) is 18.0 Å². The molecular weight excluding hydrogens is 208 g/mol. The highest BCUT2D eigenvalue weighted by molar-refractivity contribution is 5.19. The summed E-state index contributed by atoms with van der Waals surface area (Å²) in [5, 5.41) is 0. The van der Waals surface area contributed by atoms with E-state index < -0.39 is 5.92 Å². The molecule has 0 saturated carbocycles. The monoisotopic (exact) mass is 227 g/mol. The number of halogens is 2. The fourth-order valence-electron chi connectivity index (χ4n) is 1.58.